The molecule has 0 saturated heterocycles. The molecule has 0 saturated carbocycles. The van der Waals surface area contributed by atoms with E-state index >= 15 is 0 Å². The van der Waals surface area contributed by atoms with Gasteiger partial charge in [0.25, 0.3) is 0 Å². The fourth-order valence-electron chi connectivity index (χ4n) is 2.37. The van der Waals surface area contributed by atoms with Gasteiger partial charge in [-0.25, -0.2) is 0 Å². The molecule has 1 unspecified atom stereocenters. The van der Waals surface area contributed by atoms with E-state index in [1.165, 1.54) is 58.0 Å². The Morgan fingerprint density at radius 3 is 2.05 bits per heavy atom. The van der Waals surface area contributed by atoms with E-state index in [-0.39, 0.29) is 0 Å². The highest BCUT2D eigenvalue weighted by Crippen LogP contribution is 2.25. The predicted molar refractivity (Wildman–Crippen MR) is 91.2 cm³/mol. The Kier molecular flexibility index (Phi) is 11.5. The number of unbranched alkanes of at least 4 members (excludes halogenated alkanes) is 4. The van der Waals surface area contributed by atoms with Gasteiger partial charge < -0.3 is 16.0 Å². The summed E-state index contributed by atoms with van der Waals surface area (Å²) >= 11 is 0. The molecule has 0 bridgehead atoms. The van der Waals surface area contributed by atoms with Crippen LogP contribution in [-0.4, -0.2) is 44.2 Å². The molecule has 0 heterocycles. The summed E-state index contributed by atoms with van der Waals surface area (Å²) in [6.45, 7) is 10.3. The average molecular weight is 286 g/mol. The third-order valence-corrected chi connectivity index (χ3v) is 4.91. The van der Waals surface area contributed by atoms with Crippen LogP contribution in [-0.2, 0) is 0 Å². The molecule has 3 N–H and O–H groups in total. The second-order valence-corrected chi connectivity index (χ2v) is 6.90. The Hall–Kier alpha value is -0.120. The van der Waals surface area contributed by atoms with Gasteiger partial charge in [-0.1, -0.05) is 26.2 Å². The molecule has 0 aromatic carbocycles. The second-order valence-electron chi connectivity index (χ2n) is 6.90. The highest BCUT2D eigenvalue weighted by atomic mass is 15.1. The molecule has 0 aliphatic rings. The standard InChI is InChI=1S/C17H39N3/c1-16(17(2,3)20(4)5)12-8-11-15-19-14-10-7-6-9-13-18/h16,19H,6-15,18H2,1-5H3. The number of nitrogens with two attached hydrogens (primary N) is 1. The van der Waals surface area contributed by atoms with Crippen LogP contribution in [0, 0.1) is 5.92 Å². The van der Waals surface area contributed by atoms with Crippen molar-refractivity contribution in [3.05, 3.63) is 0 Å². The van der Waals surface area contributed by atoms with Crippen LogP contribution in [0.4, 0.5) is 0 Å². The lowest BCUT2D eigenvalue weighted by Crippen LogP contribution is -2.43. The van der Waals surface area contributed by atoms with Gasteiger partial charge >= 0.3 is 0 Å². The van der Waals surface area contributed by atoms with Gasteiger partial charge in [0.15, 0.2) is 0 Å². The lowest BCUT2D eigenvalue weighted by Gasteiger charge is -2.38. The SMILES string of the molecule is CC(CCCCNCCCCCCN)C(C)(C)N(C)C. The number of hydrogen-bond acceptors (Lipinski definition) is 3. The summed E-state index contributed by atoms with van der Waals surface area (Å²) in [4.78, 5) is 2.34. The predicted octanol–water partition coefficient (Wildman–Crippen LogP) is 3.24. The zero-order chi connectivity index (χ0) is 15.4. The Bertz CT molecular complexity index is 214. The minimum atomic E-state index is 0.302. The Balaban J connectivity index is 3.40. The average Bonchev–Trinajstić information content (AvgIpc) is 2.40. The second kappa shape index (κ2) is 11.5. The first-order chi connectivity index (χ1) is 9.42. The van der Waals surface area contributed by atoms with E-state index in [9.17, 15) is 0 Å². The lowest BCUT2D eigenvalue weighted by atomic mass is 9.84. The van der Waals surface area contributed by atoms with E-state index < -0.39 is 0 Å². The van der Waals surface area contributed by atoms with Gasteiger partial charge in [0.05, 0.1) is 0 Å². The number of hydrogen-bond donors (Lipinski definition) is 2. The van der Waals surface area contributed by atoms with Gasteiger partial charge in [0.1, 0.15) is 0 Å². The lowest BCUT2D eigenvalue weighted by molar-refractivity contribution is 0.118. The summed E-state index contributed by atoms with van der Waals surface area (Å²) in [6, 6.07) is 0. The molecule has 122 valence electrons. The summed E-state index contributed by atoms with van der Waals surface area (Å²) < 4.78 is 0. The molecule has 0 aliphatic heterocycles. The molecule has 0 amide bonds. The summed E-state index contributed by atoms with van der Waals surface area (Å²) in [5, 5.41) is 3.56. The van der Waals surface area contributed by atoms with Crippen molar-refractivity contribution in [2.75, 3.05) is 33.7 Å². The molecule has 20 heavy (non-hydrogen) atoms. The van der Waals surface area contributed by atoms with E-state index in [4.69, 9.17) is 5.73 Å². The largest absolute Gasteiger partial charge is 0.330 e. The Labute approximate surface area is 127 Å². The third kappa shape index (κ3) is 8.93. The molecule has 0 spiro atoms. The first-order valence-corrected chi connectivity index (χ1v) is 8.51. The fourth-order valence-corrected chi connectivity index (χ4v) is 2.37. The van der Waals surface area contributed by atoms with Crippen molar-refractivity contribution in [1.29, 1.82) is 0 Å². The van der Waals surface area contributed by atoms with E-state index in [1.807, 2.05) is 0 Å². The molecule has 0 radical (unpaired) electrons. The molecule has 0 rings (SSSR count). The van der Waals surface area contributed by atoms with Crippen LogP contribution in [0.25, 0.3) is 0 Å². The van der Waals surface area contributed by atoms with E-state index in [0.29, 0.717) is 5.54 Å². The van der Waals surface area contributed by atoms with Crippen molar-refractivity contribution in [3.8, 4) is 0 Å². The van der Waals surface area contributed by atoms with Crippen LogP contribution in [0.1, 0.15) is 65.7 Å². The van der Waals surface area contributed by atoms with Crippen molar-refractivity contribution < 1.29 is 0 Å². The van der Waals surface area contributed by atoms with Crippen molar-refractivity contribution in [3.63, 3.8) is 0 Å². The quantitative estimate of drug-likeness (QED) is 0.510. The van der Waals surface area contributed by atoms with Crippen LogP contribution in [0.15, 0.2) is 0 Å². The first-order valence-electron chi connectivity index (χ1n) is 8.51. The van der Waals surface area contributed by atoms with E-state index in [1.54, 1.807) is 0 Å². The van der Waals surface area contributed by atoms with Crippen LogP contribution < -0.4 is 11.1 Å². The van der Waals surface area contributed by atoms with Gasteiger partial charge in [-0.15, -0.1) is 0 Å². The molecule has 0 aromatic rings. The molecule has 3 nitrogen and oxygen atoms in total. The highest BCUT2D eigenvalue weighted by Gasteiger charge is 2.27. The zero-order valence-electron chi connectivity index (χ0n) is 14.7. The number of nitrogens with zero attached hydrogens (tertiary/aromatic N) is 1. The van der Waals surface area contributed by atoms with Crippen LogP contribution >= 0.6 is 0 Å². The fraction of sp³-hybridized carbons (Fsp3) is 1.00. The smallest absolute Gasteiger partial charge is 0.0172 e. The van der Waals surface area contributed by atoms with Crippen molar-refractivity contribution in [2.45, 2.75) is 71.3 Å². The highest BCUT2D eigenvalue weighted by molar-refractivity contribution is 4.82. The molecule has 0 aliphatic carbocycles. The van der Waals surface area contributed by atoms with Gasteiger partial charge in [-0.3, -0.25) is 0 Å². The topological polar surface area (TPSA) is 41.3 Å². The molecule has 3 heteroatoms. The number of rotatable bonds is 13. The summed E-state index contributed by atoms with van der Waals surface area (Å²) in [5.41, 5.74) is 5.78. The molecular formula is C17H39N3. The van der Waals surface area contributed by atoms with Gasteiger partial charge in [-0.2, -0.15) is 0 Å². The molecule has 0 aromatic heterocycles. The minimum Gasteiger partial charge on any atom is -0.330 e. The monoisotopic (exact) mass is 285 g/mol. The minimum absolute atomic E-state index is 0.302. The molecule has 0 fully saturated rings. The van der Waals surface area contributed by atoms with Crippen molar-refractivity contribution in [1.82, 2.24) is 10.2 Å². The maximum absolute atomic E-state index is 5.48. The summed E-state index contributed by atoms with van der Waals surface area (Å²) in [6.07, 6.45) is 9.04. The summed E-state index contributed by atoms with van der Waals surface area (Å²) in [7, 11) is 4.37. The van der Waals surface area contributed by atoms with Gasteiger partial charge in [0.2, 0.25) is 0 Å². The Morgan fingerprint density at radius 2 is 1.50 bits per heavy atom. The molecular weight excluding hydrogens is 246 g/mol. The maximum Gasteiger partial charge on any atom is 0.0172 e. The van der Waals surface area contributed by atoms with Gasteiger partial charge in [0, 0.05) is 5.54 Å². The van der Waals surface area contributed by atoms with Crippen molar-refractivity contribution >= 4 is 0 Å². The van der Waals surface area contributed by atoms with Crippen LogP contribution in [0.5, 0.6) is 0 Å². The summed E-state index contributed by atoms with van der Waals surface area (Å²) in [5.74, 6) is 0.744. The van der Waals surface area contributed by atoms with Gasteiger partial charge in [-0.05, 0) is 79.2 Å². The zero-order valence-corrected chi connectivity index (χ0v) is 14.7. The first kappa shape index (κ1) is 19.9. The number of nitrogens with one attached hydrogen (secondary N) is 1. The Morgan fingerprint density at radius 1 is 0.950 bits per heavy atom. The normalized spacial score (nSPS) is 13.9. The van der Waals surface area contributed by atoms with Crippen molar-refractivity contribution in [2.24, 2.45) is 11.7 Å². The maximum atomic E-state index is 5.48. The van der Waals surface area contributed by atoms with E-state index in [2.05, 4.69) is 45.1 Å². The third-order valence-electron chi connectivity index (χ3n) is 4.91. The molecule has 1 atom stereocenters. The van der Waals surface area contributed by atoms with E-state index in [0.717, 1.165) is 12.5 Å². The van der Waals surface area contributed by atoms with Crippen LogP contribution in [0.3, 0.4) is 0 Å². The van der Waals surface area contributed by atoms with Crippen LogP contribution in [0.2, 0.25) is 0 Å².